The summed E-state index contributed by atoms with van der Waals surface area (Å²) in [6, 6.07) is 10.7. The lowest BCUT2D eigenvalue weighted by Crippen LogP contribution is -2.59. The molecule has 4 nitrogen and oxygen atoms in total. The first kappa shape index (κ1) is 16.4. The molecule has 0 amide bonds. The van der Waals surface area contributed by atoms with E-state index in [0.717, 1.165) is 45.8 Å². The third kappa shape index (κ3) is 4.51. The number of hydrogen-bond donors (Lipinski definition) is 1. The Morgan fingerprint density at radius 3 is 2.38 bits per heavy atom. The van der Waals surface area contributed by atoms with Crippen LogP contribution in [0.15, 0.2) is 30.3 Å². The number of rotatable bonds is 7. The average molecular weight is 291 g/mol. The van der Waals surface area contributed by atoms with Crippen molar-refractivity contribution in [2.75, 3.05) is 46.4 Å². The van der Waals surface area contributed by atoms with Crippen LogP contribution in [0.4, 0.5) is 0 Å². The topological polar surface area (TPSA) is 41.7 Å². The molecular weight excluding hydrogens is 262 g/mol. The van der Waals surface area contributed by atoms with E-state index in [-0.39, 0.29) is 5.54 Å². The van der Waals surface area contributed by atoms with E-state index in [9.17, 15) is 0 Å². The van der Waals surface area contributed by atoms with Crippen LogP contribution in [0, 0.1) is 0 Å². The molecule has 1 aromatic rings. The van der Waals surface area contributed by atoms with Gasteiger partial charge in [0.1, 0.15) is 0 Å². The maximum absolute atomic E-state index is 6.03. The van der Waals surface area contributed by atoms with Gasteiger partial charge in [-0.3, -0.25) is 9.80 Å². The van der Waals surface area contributed by atoms with Crippen molar-refractivity contribution in [1.29, 1.82) is 0 Å². The van der Waals surface area contributed by atoms with Crippen LogP contribution in [-0.4, -0.2) is 61.8 Å². The molecule has 1 unspecified atom stereocenters. The van der Waals surface area contributed by atoms with Gasteiger partial charge in [0.15, 0.2) is 0 Å². The van der Waals surface area contributed by atoms with Crippen molar-refractivity contribution in [3.8, 4) is 0 Å². The molecular formula is C17H29N3O. The van der Waals surface area contributed by atoms with Gasteiger partial charge in [-0.05, 0) is 18.9 Å². The van der Waals surface area contributed by atoms with Gasteiger partial charge in [0.2, 0.25) is 0 Å². The Hall–Kier alpha value is -0.940. The quantitative estimate of drug-likeness (QED) is 0.828. The maximum atomic E-state index is 6.03. The first-order valence-corrected chi connectivity index (χ1v) is 7.88. The van der Waals surface area contributed by atoms with E-state index in [1.807, 2.05) is 0 Å². The summed E-state index contributed by atoms with van der Waals surface area (Å²) in [6.45, 7) is 9.17. The van der Waals surface area contributed by atoms with E-state index < -0.39 is 0 Å². The van der Waals surface area contributed by atoms with Crippen molar-refractivity contribution in [1.82, 2.24) is 9.80 Å². The minimum absolute atomic E-state index is 0.0643. The summed E-state index contributed by atoms with van der Waals surface area (Å²) in [4.78, 5) is 5.06. The summed E-state index contributed by atoms with van der Waals surface area (Å²) < 4.78 is 5.24. The fourth-order valence-corrected chi connectivity index (χ4v) is 3.00. The summed E-state index contributed by atoms with van der Waals surface area (Å²) in [5.74, 6) is 0. The molecule has 2 N–H and O–H groups in total. The van der Waals surface area contributed by atoms with E-state index in [4.69, 9.17) is 10.5 Å². The maximum Gasteiger partial charge on any atom is 0.0480 e. The van der Waals surface area contributed by atoms with Crippen molar-refractivity contribution >= 4 is 0 Å². The normalized spacial score (nSPS) is 20.3. The molecule has 1 aliphatic rings. The zero-order valence-electron chi connectivity index (χ0n) is 13.4. The van der Waals surface area contributed by atoms with Crippen LogP contribution in [-0.2, 0) is 11.3 Å². The van der Waals surface area contributed by atoms with Crippen molar-refractivity contribution in [3.05, 3.63) is 35.9 Å². The fourth-order valence-electron chi connectivity index (χ4n) is 3.00. The minimum atomic E-state index is 0.0643. The highest BCUT2D eigenvalue weighted by atomic mass is 16.5. The number of piperazine rings is 1. The van der Waals surface area contributed by atoms with Gasteiger partial charge in [0, 0.05) is 58.5 Å². The van der Waals surface area contributed by atoms with Gasteiger partial charge in [0.25, 0.3) is 0 Å². The van der Waals surface area contributed by atoms with Crippen molar-refractivity contribution in [3.63, 3.8) is 0 Å². The molecule has 1 saturated heterocycles. The van der Waals surface area contributed by atoms with E-state index >= 15 is 0 Å². The average Bonchev–Trinajstić information content (AvgIpc) is 2.54. The van der Waals surface area contributed by atoms with E-state index in [0.29, 0.717) is 6.54 Å². The van der Waals surface area contributed by atoms with Gasteiger partial charge >= 0.3 is 0 Å². The lowest BCUT2D eigenvalue weighted by atomic mass is 9.95. The predicted molar refractivity (Wildman–Crippen MR) is 87.2 cm³/mol. The Morgan fingerprint density at radius 2 is 1.81 bits per heavy atom. The fraction of sp³-hybridized carbons (Fsp3) is 0.647. The van der Waals surface area contributed by atoms with Crippen LogP contribution in [0.1, 0.15) is 18.9 Å². The van der Waals surface area contributed by atoms with Crippen molar-refractivity contribution < 1.29 is 4.74 Å². The van der Waals surface area contributed by atoms with E-state index in [1.165, 1.54) is 5.56 Å². The number of nitrogens with zero attached hydrogens (tertiary/aromatic N) is 2. The first-order valence-electron chi connectivity index (χ1n) is 7.88. The van der Waals surface area contributed by atoms with Crippen LogP contribution in [0.5, 0.6) is 0 Å². The molecule has 1 heterocycles. The monoisotopic (exact) mass is 291 g/mol. The van der Waals surface area contributed by atoms with Gasteiger partial charge in [-0.25, -0.2) is 0 Å². The second-order valence-corrected chi connectivity index (χ2v) is 6.19. The van der Waals surface area contributed by atoms with Crippen LogP contribution in [0.25, 0.3) is 0 Å². The van der Waals surface area contributed by atoms with Crippen LogP contribution < -0.4 is 5.73 Å². The number of nitrogens with two attached hydrogens (primary N) is 1. The molecule has 21 heavy (non-hydrogen) atoms. The van der Waals surface area contributed by atoms with E-state index in [2.05, 4.69) is 47.1 Å². The summed E-state index contributed by atoms with van der Waals surface area (Å²) in [6.07, 6.45) is 0.999. The van der Waals surface area contributed by atoms with E-state index in [1.54, 1.807) is 7.11 Å². The molecule has 1 aromatic carbocycles. The molecule has 0 aromatic heterocycles. The van der Waals surface area contributed by atoms with Crippen LogP contribution in [0.3, 0.4) is 0 Å². The zero-order valence-corrected chi connectivity index (χ0v) is 13.4. The second kappa shape index (κ2) is 7.90. The second-order valence-electron chi connectivity index (χ2n) is 6.19. The Labute approximate surface area is 128 Å². The van der Waals surface area contributed by atoms with Crippen molar-refractivity contribution in [2.45, 2.75) is 25.4 Å². The van der Waals surface area contributed by atoms with Crippen LogP contribution >= 0.6 is 0 Å². The third-order valence-corrected chi connectivity index (χ3v) is 4.67. The molecule has 1 atom stereocenters. The Balaban J connectivity index is 1.84. The number of ether oxygens (including phenoxy) is 1. The highest BCUT2D eigenvalue weighted by Crippen LogP contribution is 2.21. The zero-order chi connectivity index (χ0) is 15.1. The van der Waals surface area contributed by atoms with Crippen molar-refractivity contribution in [2.24, 2.45) is 5.73 Å². The van der Waals surface area contributed by atoms with Gasteiger partial charge < -0.3 is 10.5 Å². The molecule has 2 rings (SSSR count). The summed E-state index contributed by atoms with van der Waals surface area (Å²) in [5.41, 5.74) is 7.49. The molecule has 0 saturated carbocycles. The molecule has 4 heteroatoms. The highest BCUT2D eigenvalue weighted by Gasteiger charge is 2.32. The van der Waals surface area contributed by atoms with Gasteiger partial charge in [-0.1, -0.05) is 30.3 Å². The van der Waals surface area contributed by atoms with Gasteiger partial charge in [-0.15, -0.1) is 0 Å². The van der Waals surface area contributed by atoms with Gasteiger partial charge in [0.05, 0.1) is 0 Å². The first-order chi connectivity index (χ1) is 10.2. The molecule has 0 aliphatic carbocycles. The predicted octanol–water partition coefficient (Wildman–Crippen LogP) is 1.56. The minimum Gasteiger partial charge on any atom is -0.385 e. The largest absolute Gasteiger partial charge is 0.385 e. The molecule has 1 aliphatic heterocycles. The molecule has 118 valence electrons. The van der Waals surface area contributed by atoms with Crippen LogP contribution in [0.2, 0.25) is 0 Å². The Morgan fingerprint density at radius 1 is 1.14 bits per heavy atom. The number of methoxy groups -OCH3 is 1. The van der Waals surface area contributed by atoms with Gasteiger partial charge in [-0.2, -0.15) is 0 Å². The molecule has 0 radical (unpaired) electrons. The summed E-state index contributed by atoms with van der Waals surface area (Å²) >= 11 is 0. The number of benzene rings is 1. The number of hydrogen-bond acceptors (Lipinski definition) is 4. The standard InChI is InChI=1S/C17H29N3O/c1-17(15-18,8-13-21-2)20-11-9-19(10-12-20)14-16-6-4-3-5-7-16/h3-7H,8-15,18H2,1-2H3. The molecule has 0 bridgehead atoms. The summed E-state index contributed by atoms with van der Waals surface area (Å²) in [5, 5.41) is 0. The third-order valence-electron chi connectivity index (χ3n) is 4.67. The Bertz CT molecular complexity index is 404. The molecule has 1 fully saturated rings. The smallest absolute Gasteiger partial charge is 0.0480 e. The Kier molecular flexibility index (Phi) is 6.18. The molecule has 0 spiro atoms. The highest BCUT2D eigenvalue weighted by molar-refractivity contribution is 5.14. The summed E-state index contributed by atoms with van der Waals surface area (Å²) in [7, 11) is 1.76. The lowest BCUT2D eigenvalue weighted by molar-refractivity contribution is 0.0238. The lowest BCUT2D eigenvalue weighted by Gasteiger charge is -2.45. The SMILES string of the molecule is COCCC(C)(CN)N1CCN(Cc2ccccc2)CC1.